The van der Waals surface area contributed by atoms with Gasteiger partial charge in [-0.1, -0.05) is 25.1 Å². The van der Waals surface area contributed by atoms with Gasteiger partial charge in [-0.2, -0.15) is 0 Å². The van der Waals surface area contributed by atoms with Crippen LogP contribution in [0.15, 0.2) is 24.3 Å². The third-order valence-corrected chi connectivity index (χ3v) is 3.31. The van der Waals surface area contributed by atoms with Crippen LogP contribution >= 0.6 is 0 Å². The van der Waals surface area contributed by atoms with Crippen LogP contribution in [0.5, 0.6) is 5.75 Å². The molecular weight excluding hydrogens is 242 g/mol. The van der Waals surface area contributed by atoms with E-state index < -0.39 is 0 Å². The molecule has 0 amide bonds. The van der Waals surface area contributed by atoms with Crippen molar-refractivity contribution in [3.05, 3.63) is 29.8 Å². The quantitative estimate of drug-likeness (QED) is 0.820. The molecule has 4 nitrogen and oxygen atoms in total. The number of nitrogens with one attached hydrogen (secondary N) is 1. The summed E-state index contributed by atoms with van der Waals surface area (Å²) < 4.78 is 17.0. The summed E-state index contributed by atoms with van der Waals surface area (Å²) in [5, 5.41) is 3.35. The van der Waals surface area contributed by atoms with Gasteiger partial charge in [-0.25, -0.2) is 0 Å². The molecule has 4 heteroatoms. The van der Waals surface area contributed by atoms with E-state index in [1.165, 1.54) is 0 Å². The van der Waals surface area contributed by atoms with Crippen LogP contribution in [0.25, 0.3) is 0 Å². The lowest BCUT2D eigenvalue weighted by Crippen LogP contribution is -2.27. The minimum Gasteiger partial charge on any atom is -0.496 e. The monoisotopic (exact) mass is 265 g/mol. The minimum atomic E-state index is 0.00259. The Morgan fingerprint density at radius 2 is 2.26 bits per heavy atom. The van der Waals surface area contributed by atoms with E-state index >= 15 is 0 Å². The molecule has 1 N–H and O–H groups in total. The Bertz CT molecular complexity index is 377. The van der Waals surface area contributed by atoms with Gasteiger partial charge in [0.15, 0.2) is 0 Å². The summed E-state index contributed by atoms with van der Waals surface area (Å²) in [4.78, 5) is 0. The van der Waals surface area contributed by atoms with Gasteiger partial charge in [0.05, 0.1) is 25.9 Å². The fraction of sp³-hybridized carbons (Fsp3) is 0.600. The number of benzene rings is 1. The van der Waals surface area contributed by atoms with Crippen molar-refractivity contribution in [2.24, 2.45) is 0 Å². The minimum absolute atomic E-state index is 0.00259. The van der Waals surface area contributed by atoms with E-state index in [0.717, 1.165) is 37.4 Å². The Labute approximate surface area is 115 Å². The second kappa shape index (κ2) is 7.48. The van der Waals surface area contributed by atoms with Gasteiger partial charge in [-0.15, -0.1) is 0 Å². The van der Waals surface area contributed by atoms with E-state index in [1.54, 1.807) is 7.11 Å². The van der Waals surface area contributed by atoms with Gasteiger partial charge in [-0.05, 0) is 19.0 Å². The van der Waals surface area contributed by atoms with Gasteiger partial charge in [0.2, 0.25) is 0 Å². The molecule has 2 unspecified atom stereocenters. The van der Waals surface area contributed by atoms with E-state index in [1.807, 2.05) is 18.2 Å². The zero-order valence-corrected chi connectivity index (χ0v) is 11.7. The molecule has 2 rings (SSSR count). The standard InChI is InChI=1S/C15H23NO3/c1-3-16-10-15(19-12-8-9-18-11-12)13-6-4-5-7-14(13)17-2/h4-7,12,15-16H,3,8-11H2,1-2H3. The highest BCUT2D eigenvalue weighted by atomic mass is 16.6. The van der Waals surface area contributed by atoms with E-state index in [2.05, 4.69) is 18.3 Å². The summed E-state index contributed by atoms with van der Waals surface area (Å²) in [6, 6.07) is 8.04. The Morgan fingerprint density at radius 3 is 2.95 bits per heavy atom. The normalized spacial score (nSPS) is 20.4. The van der Waals surface area contributed by atoms with Crippen molar-refractivity contribution in [1.29, 1.82) is 0 Å². The van der Waals surface area contributed by atoms with Crippen molar-refractivity contribution in [3.8, 4) is 5.75 Å². The molecule has 0 saturated carbocycles. The predicted molar refractivity (Wildman–Crippen MR) is 74.6 cm³/mol. The zero-order valence-electron chi connectivity index (χ0n) is 11.7. The first kappa shape index (κ1) is 14.3. The average molecular weight is 265 g/mol. The molecular formula is C15H23NO3. The summed E-state index contributed by atoms with van der Waals surface area (Å²) >= 11 is 0. The summed E-state index contributed by atoms with van der Waals surface area (Å²) in [6.07, 6.45) is 1.16. The molecule has 1 heterocycles. The maximum absolute atomic E-state index is 6.17. The van der Waals surface area contributed by atoms with Gasteiger partial charge < -0.3 is 19.5 Å². The molecule has 2 atom stereocenters. The lowest BCUT2D eigenvalue weighted by atomic mass is 10.1. The van der Waals surface area contributed by atoms with E-state index in [0.29, 0.717) is 6.61 Å². The molecule has 19 heavy (non-hydrogen) atoms. The van der Waals surface area contributed by atoms with E-state index in [-0.39, 0.29) is 12.2 Å². The molecule has 106 valence electrons. The summed E-state index contributed by atoms with van der Waals surface area (Å²) in [5.74, 6) is 0.879. The van der Waals surface area contributed by atoms with Crippen molar-refractivity contribution in [1.82, 2.24) is 5.32 Å². The molecule has 1 aromatic rings. The topological polar surface area (TPSA) is 39.7 Å². The van der Waals surface area contributed by atoms with Crippen LogP contribution in [-0.4, -0.2) is 39.5 Å². The smallest absolute Gasteiger partial charge is 0.124 e. The van der Waals surface area contributed by atoms with Crippen molar-refractivity contribution in [3.63, 3.8) is 0 Å². The highest BCUT2D eigenvalue weighted by Crippen LogP contribution is 2.29. The van der Waals surface area contributed by atoms with Crippen LogP contribution in [0.4, 0.5) is 0 Å². The first-order chi connectivity index (χ1) is 9.35. The lowest BCUT2D eigenvalue weighted by molar-refractivity contribution is -0.0171. The number of methoxy groups -OCH3 is 1. The highest BCUT2D eigenvalue weighted by molar-refractivity contribution is 5.35. The first-order valence-corrected chi connectivity index (χ1v) is 6.92. The zero-order chi connectivity index (χ0) is 13.5. The first-order valence-electron chi connectivity index (χ1n) is 6.92. The second-order valence-electron chi connectivity index (χ2n) is 4.66. The predicted octanol–water partition coefficient (Wildman–Crippen LogP) is 2.15. The second-order valence-corrected chi connectivity index (χ2v) is 4.66. The molecule has 0 radical (unpaired) electrons. The van der Waals surface area contributed by atoms with Crippen molar-refractivity contribution in [2.45, 2.75) is 25.6 Å². The third kappa shape index (κ3) is 3.93. The number of rotatable bonds is 7. The van der Waals surface area contributed by atoms with E-state index in [9.17, 15) is 0 Å². The van der Waals surface area contributed by atoms with Crippen LogP contribution < -0.4 is 10.1 Å². The van der Waals surface area contributed by atoms with Gasteiger partial charge in [0, 0.05) is 18.7 Å². The summed E-state index contributed by atoms with van der Waals surface area (Å²) in [7, 11) is 1.70. The van der Waals surface area contributed by atoms with Crippen LogP contribution in [0.3, 0.4) is 0 Å². The van der Waals surface area contributed by atoms with Gasteiger partial charge in [0.25, 0.3) is 0 Å². The van der Waals surface area contributed by atoms with Gasteiger partial charge in [0.1, 0.15) is 5.75 Å². The third-order valence-electron chi connectivity index (χ3n) is 3.31. The Morgan fingerprint density at radius 1 is 1.42 bits per heavy atom. The molecule has 0 aliphatic carbocycles. The highest BCUT2D eigenvalue weighted by Gasteiger charge is 2.23. The molecule has 0 bridgehead atoms. The molecule has 1 saturated heterocycles. The number of likely N-dealkylation sites (N-methyl/N-ethyl adjacent to an activating group) is 1. The molecule has 1 aliphatic rings. The SMILES string of the molecule is CCNCC(OC1CCOC1)c1ccccc1OC. The largest absolute Gasteiger partial charge is 0.496 e. The van der Waals surface area contributed by atoms with Crippen molar-refractivity contribution in [2.75, 3.05) is 33.4 Å². The van der Waals surface area contributed by atoms with Gasteiger partial charge in [-0.3, -0.25) is 0 Å². The Balaban J connectivity index is 2.10. The Hall–Kier alpha value is -1.10. The average Bonchev–Trinajstić information content (AvgIpc) is 2.96. The molecule has 0 spiro atoms. The summed E-state index contributed by atoms with van der Waals surface area (Å²) in [5.41, 5.74) is 1.10. The maximum atomic E-state index is 6.17. The summed E-state index contributed by atoms with van der Waals surface area (Å²) in [6.45, 7) is 5.30. The molecule has 0 aromatic heterocycles. The fourth-order valence-electron chi connectivity index (χ4n) is 2.29. The maximum Gasteiger partial charge on any atom is 0.124 e. The number of hydrogen-bond donors (Lipinski definition) is 1. The van der Waals surface area contributed by atoms with Crippen LogP contribution in [0.1, 0.15) is 25.0 Å². The lowest BCUT2D eigenvalue weighted by Gasteiger charge is -2.23. The van der Waals surface area contributed by atoms with Crippen LogP contribution in [0.2, 0.25) is 0 Å². The number of hydrogen-bond acceptors (Lipinski definition) is 4. The molecule has 1 fully saturated rings. The van der Waals surface area contributed by atoms with Gasteiger partial charge >= 0.3 is 0 Å². The Kier molecular flexibility index (Phi) is 5.63. The van der Waals surface area contributed by atoms with Crippen LogP contribution in [0, 0.1) is 0 Å². The number of para-hydroxylation sites is 1. The van der Waals surface area contributed by atoms with Crippen molar-refractivity contribution >= 4 is 0 Å². The van der Waals surface area contributed by atoms with Crippen LogP contribution in [-0.2, 0) is 9.47 Å². The number of ether oxygens (including phenoxy) is 3. The molecule has 1 aromatic carbocycles. The van der Waals surface area contributed by atoms with Crippen molar-refractivity contribution < 1.29 is 14.2 Å². The fourth-order valence-corrected chi connectivity index (χ4v) is 2.29. The van der Waals surface area contributed by atoms with E-state index in [4.69, 9.17) is 14.2 Å². The molecule has 1 aliphatic heterocycles.